The third kappa shape index (κ3) is 4.21. The highest BCUT2D eigenvalue weighted by atomic mass is 35.5. The molecule has 0 spiro atoms. The highest BCUT2D eigenvalue weighted by molar-refractivity contribution is 6.30. The SMILES string of the molecule is N#Cc1cnc2[nH]ccc2c1N1CCCC(N2CCCC(Nc3cc(F)cc(Cl)c3)C2=O)C1. The summed E-state index contributed by atoms with van der Waals surface area (Å²) in [6.45, 7) is 2.17. The molecule has 0 radical (unpaired) electrons. The predicted molar refractivity (Wildman–Crippen MR) is 126 cm³/mol. The molecule has 2 saturated heterocycles. The number of H-pyrrole nitrogens is 1. The highest BCUT2D eigenvalue weighted by Gasteiger charge is 2.36. The zero-order valence-corrected chi connectivity index (χ0v) is 18.8. The topological polar surface area (TPSA) is 88.1 Å². The van der Waals surface area contributed by atoms with Gasteiger partial charge in [0, 0.05) is 54.2 Å². The quantitative estimate of drug-likeness (QED) is 0.598. The summed E-state index contributed by atoms with van der Waals surface area (Å²) in [4.78, 5) is 25.0. The molecule has 1 aromatic carbocycles. The maximum absolute atomic E-state index is 13.7. The zero-order chi connectivity index (χ0) is 22.9. The van der Waals surface area contributed by atoms with Crippen LogP contribution in [0.1, 0.15) is 31.2 Å². The van der Waals surface area contributed by atoms with Crippen molar-refractivity contribution in [1.82, 2.24) is 14.9 Å². The van der Waals surface area contributed by atoms with E-state index < -0.39 is 11.9 Å². The monoisotopic (exact) mass is 466 g/mol. The van der Waals surface area contributed by atoms with Crippen molar-refractivity contribution >= 4 is 39.9 Å². The van der Waals surface area contributed by atoms with Gasteiger partial charge in [-0.05, 0) is 49.9 Å². The molecule has 7 nitrogen and oxygen atoms in total. The highest BCUT2D eigenvalue weighted by Crippen LogP contribution is 2.33. The van der Waals surface area contributed by atoms with Gasteiger partial charge >= 0.3 is 0 Å². The molecular weight excluding hydrogens is 443 g/mol. The van der Waals surface area contributed by atoms with Gasteiger partial charge < -0.3 is 20.1 Å². The number of fused-ring (bicyclic) bond motifs is 1. The van der Waals surface area contributed by atoms with E-state index in [0.717, 1.165) is 42.5 Å². The van der Waals surface area contributed by atoms with Crippen LogP contribution in [0.3, 0.4) is 0 Å². The van der Waals surface area contributed by atoms with Gasteiger partial charge in [-0.1, -0.05) is 11.6 Å². The van der Waals surface area contributed by atoms with Gasteiger partial charge in [-0.25, -0.2) is 9.37 Å². The molecule has 2 atom stereocenters. The lowest BCUT2D eigenvalue weighted by Gasteiger charge is -2.44. The number of benzene rings is 1. The number of hydrogen-bond donors (Lipinski definition) is 2. The molecule has 9 heteroatoms. The molecule has 5 rings (SSSR count). The van der Waals surface area contributed by atoms with Crippen LogP contribution >= 0.6 is 11.6 Å². The average molecular weight is 467 g/mol. The van der Waals surface area contributed by atoms with Gasteiger partial charge in [-0.15, -0.1) is 0 Å². The first-order valence-electron chi connectivity index (χ1n) is 11.2. The van der Waals surface area contributed by atoms with Crippen LogP contribution in [0.25, 0.3) is 11.0 Å². The van der Waals surface area contributed by atoms with E-state index in [1.54, 1.807) is 12.3 Å². The van der Waals surface area contributed by atoms with E-state index >= 15 is 0 Å². The molecule has 4 heterocycles. The lowest BCUT2D eigenvalue weighted by Crippen LogP contribution is -2.56. The Morgan fingerprint density at radius 2 is 2.09 bits per heavy atom. The fourth-order valence-electron chi connectivity index (χ4n) is 5.06. The van der Waals surface area contributed by atoms with Crippen LogP contribution in [-0.2, 0) is 4.79 Å². The summed E-state index contributed by atoms with van der Waals surface area (Å²) in [7, 11) is 0. The van der Waals surface area contributed by atoms with Crippen molar-refractivity contribution in [3.63, 3.8) is 0 Å². The molecule has 0 aliphatic carbocycles. The number of likely N-dealkylation sites (tertiary alicyclic amines) is 1. The van der Waals surface area contributed by atoms with Crippen LogP contribution in [0.15, 0.2) is 36.7 Å². The number of hydrogen-bond acceptors (Lipinski definition) is 5. The summed E-state index contributed by atoms with van der Waals surface area (Å²) in [6, 6.07) is 8.07. The lowest BCUT2D eigenvalue weighted by molar-refractivity contribution is -0.137. The summed E-state index contributed by atoms with van der Waals surface area (Å²) < 4.78 is 13.7. The number of pyridine rings is 1. The van der Waals surface area contributed by atoms with Crippen LogP contribution in [0.2, 0.25) is 5.02 Å². The number of nitrogens with one attached hydrogen (secondary N) is 2. The van der Waals surface area contributed by atoms with Crippen molar-refractivity contribution in [2.45, 2.75) is 37.8 Å². The number of rotatable bonds is 4. The van der Waals surface area contributed by atoms with Crippen molar-refractivity contribution < 1.29 is 9.18 Å². The Morgan fingerprint density at radius 3 is 2.91 bits per heavy atom. The van der Waals surface area contributed by atoms with Crippen molar-refractivity contribution in [2.24, 2.45) is 0 Å². The summed E-state index contributed by atoms with van der Waals surface area (Å²) in [5, 5.41) is 14.1. The average Bonchev–Trinajstić information content (AvgIpc) is 3.28. The Labute approximate surface area is 196 Å². The standard InChI is InChI=1S/C24H24ClFN6O/c25-16-9-17(26)11-18(10-16)30-21-4-2-8-32(24(21)33)19-3-1-7-31(14-19)22-15(12-27)13-29-23-20(22)5-6-28-23/h5-6,9-11,13,19,21,30H,1-4,7-8,14H2,(H,28,29). The number of aromatic nitrogens is 2. The molecule has 1 amide bonds. The second kappa shape index (κ2) is 8.91. The zero-order valence-electron chi connectivity index (χ0n) is 18.0. The predicted octanol–water partition coefficient (Wildman–Crippen LogP) is 4.30. The van der Waals surface area contributed by atoms with E-state index in [4.69, 9.17) is 11.6 Å². The minimum atomic E-state index is -0.435. The second-order valence-electron chi connectivity index (χ2n) is 8.64. The Morgan fingerprint density at radius 1 is 1.24 bits per heavy atom. The number of aromatic amines is 1. The lowest BCUT2D eigenvalue weighted by atomic mass is 9.97. The molecule has 2 unspecified atom stereocenters. The van der Waals surface area contributed by atoms with Crippen LogP contribution in [-0.4, -0.2) is 52.5 Å². The maximum Gasteiger partial charge on any atom is 0.245 e. The number of amides is 1. The Balaban J connectivity index is 1.36. The van der Waals surface area contributed by atoms with Crippen molar-refractivity contribution in [1.29, 1.82) is 5.26 Å². The molecular formula is C24H24ClFN6O. The van der Waals surface area contributed by atoms with Gasteiger partial charge in [-0.2, -0.15) is 5.26 Å². The molecule has 170 valence electrons. The number of halogens is 2. The van der Waals surface area contributed by atoms with Crippen LogP contribution in [0.4, 0.5) is 15.8 Å². The Kier molecular flexibility index (Phi) is 5.81. The first-order chi connectivity index (χ1) is 16.0. The van der Waals surface area contributed by atoms with Crippen LogP contribution < -0.4 is 10.2 Å². The van der Waals surface area contributed by atoms with Crippen molar-refractivity contribution in [3.8, 4) is 6.07 Å². The smallest absolute Gasteiger partial charge is 0.245 e. The summed E-state index contributed by atoms with van der Waals surface area (Å²) in [5.74, 6) is -0.412. The first-order valence-corrected chi connectivity index (χ1v) is 11.6. The van der Waals surface area contributed by atoms with Crippen molar-refractivity contribution in [3.05, 3.63) is 53.1 Å². The number of carbonyl (C=O) groups excluding carboxylic acids is 1. The first kappa shape index (κ1) is 21.5. The van der Waals surface area contributed by atoms with E-state index in [-0.39, 0.29) is 11.9 Å². The van der Waals surface area contributed by atoms with E-state index in [0.29, 0.717) is 35.8 Å². The molecule has 2 aliphatic heterocycles. The molecule has 2 aliphatic rings. The number of piperidine rings is 2. The van der Waals surface area contributed by atoms with Gasteiger partial charge in [0.15, 0.2) is 0 Å². The summed E-state index contributed by atoms with van der Waals surface area (Å²) in [5.41, 5.74) is 2.67. The van der Waals surface area contributed by atoms with Gasteiger partial charge in [-0.3, -0.25) is 4.79 Å². The minimum absolute atomic E-state index is 0.0236. The molecule has 0 bridgehead atoms. The van der Waals surface area contributed by atoms with E-state index in [2.05, 4.69) is 26.3 Å². The second-order valence-corrected chi connectivity index (χ2v) is 9.08. The van der Waals surface area contributed by atoms with Gasteiger partial charge in [0.2, 0.25) is 5.91 Å². The molecule has 2 fully saturated rings. The summed E-state index contributed by atoms with van der Waals surface area (Å²) >= 11 is 5.98. The maximum atomic E-state index is 13.7. The number of nitrogens with zero attached hydrogens (tertiary/aromatic N) is 4. The van der Waals surface area contributed by atoms with Gasteiger partial charge in [0.1, 0.15) is 23.6 Å². The molecule has 2 N–H and O–H groups in total. The minimum Gasteiger partial charge on any atom is -0.374 e. The van der Waals surface area contributed by atoms with E-state index in [1.165, 1.54) is 12.1 Å². The Bertz CT molecular complexity index is 1220. The number of nitriles is 1. The van der Waals surface area contributed by atoms with Crippen LogP contribution in [0.5, 0.6) is 0 Å². The van der Waals surface area contributed by atoms with Gasteiger partial charge in [0.25, 0.3) is 0 Å². The fraction of sp³-hybridized carbons (Fsp3) is 0.375. The summed E-state index contributed by atoms with van der Waals surface area (Å²) in [6.07, 6.45) is 6.81. The molecule has 0 saturated carbocycles. The van der Waals surface area contributed by atoms with Crippen molar-refractivity contribution in [2.75, 3.05) is 29.9 Å². The third-order valence-corrected chi connectivity index (χ3v) is 6.73. The molecule has 33 heavy (non-hydrogen) atoms. The third-order valence-electron chi connectivity index (χ3n) is 6.51. The molecule has 3 aromatic rings. The number of carbonyl (C=O) groups is 1. The van der Waals surface area contributed by atoms with Crippen LogP contribution in [0, 0.1) is 17.1 Å². The Hall–Kier alpha value is -3.31. The fourth-order valence-corrected chi connectivity index (χ4v) is 5.28. The normalized spacial score (nSPS) is 21.3. The number of anilines is 2. The van der Waals surface area contributed by atoms with E-state index in [9.17, 15) is 14.4 Å². The van der Waals surface area contributed by atoms with E-state index in [1.807, 2.05) is 17.2 Å². The molecule has 2 aromatic heterocycles. The van der Waals surface area contributed by atoms with Gasteiger partial charge in [0.05, 0.1) is 11.3 Å². The largest absolute Gasteiger partial charge is 0.374 e.